The Bertz CT molecular complexity index is 865. The fourth-order valence-corrected chi connectivity index (χ4v) is 3.39. The average molecular weight is 446 g/mol. The molecule has 2 aromatic carbocycles. The fourth-order valence-electron chi connectivity index (χ4n) is 2.03. The second-order valence-corrected chi connectivity index (χ2v) is 8.25. The first-order valence-corrected chi connectivity index (χ1v) is 9.65. The molecule has 1 N–H and O–H groups in total. The number of aliphatic hydroxyl groups excluding tert-OH is 1. The summed E-state index contributed by atoms with van der Waals surface area (Å²) < 4.78 is 102. The number of benzene rings is 2. The number of hydrogen-bond donors (Lipinski definition) is 1. The average Bonchev–Trinajstić information content (AvgIpc) is 2.64. The van der Waals surface area contributed by atoms with Gasteiger partial charge in [-0.15, -0.1) is 0 Å². The molecular formula is C16H12F6O4S2. The van der Waals surface area contributed by atoms with Crippen LogP contribution in [0.4, 0.5) is 26.3 Å². The SMILES string of the molecule is O=S(c1ccc(COC(O)c2cccc(S(=O)C(F)(F)F)c2)cc1)C(F)(F)F. The van der Waals surface area contributed by atoms with Crippen LogP contribution in [0.2, 0.25) is 0 Å². The molecule has 2 rings (SSSR count). The number of hydrogen-bond acceptors (Lipinski definition) is 4. The quantitative estimate of drug-likeness (QED) is 0.535. The molecule has 0 aliphatic rings. The van der Waals surface area contributed by atoms with E-state index >= 15 is 0 Å². The zero-order chi connectivity index (χ0) is 21.1. The van der Waals surface area contributed by atoms with Crippen molar-refractivity contribution in [3.8, 4) is 0 Å². The van der Waals surface area contributed by atoms with Gasteiger partial charge < -0.3 is 9.84 Å². The molecule has 3 unspecified atom stereocenters. The van der Waals surface area contributed by atoms with E-state index in [1.807, 2.05) is 0 Å². The van der Waals surface area contributed by atoms with Gasteiger partial charge in [0.15, 0.2) is 27.9 Å². The van der Waals surface area contributed by atoms with Crippen molar-refractivity contribution in [1.29, 1.82) is 0 Å². The van der Waals surface area contributed by atoms with Gasteiger partial charge >= 0.3 is 11.0 Å². The number of alkyl halides is 6. The van der Waals surface area contributed by atoms with Crippen LogP contribution in [0.15, 0.2) is 58.3 Å². The molecular weight excluding hydrogens is 434 g/mol. The Morgan fingerprint density at radius 2 is 1.39 bits per heavy atom. The van der Waals surface area contributed by atoms with Crippen molar-refractivity contribution in [2.45, 2.75) is 33.7 Å². The molecule has 0 amide bonds. The van der Waals surface area contributed by atoms with Crippen LogP contribution < -0.4 is 0 Å². The largest absolute Gasteiger partial charge is 0.475 e. The lowest BCUT2D eigenvalue weighted by atomic mass is 10.2. The standard InChI is InChI=1S/C16H12F6O4S2/c17-15(18,19)27(24)12-6-4-10(5-7-12)9-26-14(23)11-2-1-3-13(8-11)28(25)16(20,21)22/h1-8,14,23H,9H2. The van der Waals surface area contributed by atoms with Crippen molar-refractivity contribution < 1.29 is 44.6 Å². The van der Waals surface area contributed by atoms with Crippen LogP contribution in [-0.4, -0.2) is 24.5 Å². The summed E-state index contributed by atoms with van der Waals surface area (Å²) in [4.78, 5) is -1.02. The molecule has 0 bridgehead atoms. The van der Waals surface area contributed by atoms with Crippen LogP contribution >= 0.6 is 0 Å². The maximum atomic E-state index is 12.5. The molecule has 0 heterocycles. The van der Waals surface area contributed by atoms with Crippen LogP contribution in [0.1, 0.15) is 17.4 Å². The highest BCUT2D eigenvalue weighted by Gasteiger charge is 2.38. The third kappa shape index (κ3) is 5.87. The van der Waals surface area contributed by atoms with E-state index in [1.165, 1.54) is 24.3 Å². The highest BCUT2D eigenvalue weighted by Crippen LogP contribution is 2.29. The molecule has 4 nitrogen and oxygen atoms in total. The van der Waals surface area contributed by atoms with Crippen molar-refractivity contribution in [1.82, 2.24) is 0 Å². The summed E-state index contributed by atoms with van der Waals surface area (Å²) in [5.74, 6) is 0. The first-order valence-electron chi connectivity index (χ1n) is 7.35. The van der Waals surface area contributed by atoms with Crippen LogP contribution in [0, 0.1) is 0 Å². The molecule has 0 aliphatic carbocycles. The van der Waals surface area contributed by atoms with Gasteiger partial charge in [-0.3, -0.25) is 0 Å². The van der Waals surface area contributed by atoms with Gasteiger partial charge in [0.05, 0.1) is 6.61 Å². The minimum Gasteiger partial charge on any atom is -0.364 e. The maximum Gasteiger partial charge on any atom is 0.475 e. The molecule has 0 saturated carbocycles. The Hall–Kier alpha value is -1.76. The van der Waals surface area contributed by atoms with Gasteiger partial charge in [-0.05, 0) is 29.8 Å². The third-order valence-electron chi connectivity index (χ3n) is 3.32. The molecule has 0 aromatic heterocycles. The van der Waals surface area contributed by atoms with E-state index in [-0.39, 0.29) is 12.2 Å². The molecule has 0 radical (unpaired) electrons. The van der Waals surface area contributed by atoms with E-state index in [1.54, 1.807) is 0 Å². The van der Waals surface area contributed by atoms with Crippen molar-refractivity contribution in [3.63, 3.8) is 0 Å². The summed E-state index contributed by atoms with van der Waals surface area (Å²) in [5.41, 5.74) is -9.60. The lowest BCUT2D eigenvalue weighted by molar-refractivity contribution is -0.112. The van der Waals surface area contributed by atoms with Crippen LogP contribution in [0.5, 0.6) is 0 Å². The smallest absolute Gasteiger partial charge is 0.364 e. The van der Waals surface area contributed by atoms with Gasteiger partial charge in [0.25, 0.3) is 0 Å². The third-order valence-corrected chi connectivity index (χ3v) is 5.55. The molecule has 3 atom stereocenters. The highest BCUT2D eigenvalue weighted by atomic mass is 32.2. The molecule has 12 heteroatoms. The first kappa shape index (κ1) is 22.5. The number of aliphatic hydroxyl groups is 1. The predicted octanol–water partition coefficient (Wildman–Crippen LogP) is 4.15. The van der Waals surface area contributed by atoms with E-state index in [9.17, 15) is 39.9 Å². The van der Waals surface area contributed by atoms with Crippen molar-refractivity contribution >= 4 is 21.6 Å². The van der Waals surface area contributed by atoms with E-state index in [2.05, 4.69) is 0 Å². The Balaban J connectivity index is 2.04. The lowest BCUT2D eigenvalue weighted by Crippen LogP contribution is -2.16. The summed E-state index contributed by atoms with van der Waals surface area (Å²) in [7, 11) is -6.45. The van der Waals surface area contributed by atoms with Gasteiger partial charge in [0.1, 0.15) is 0 Å². The second kappa shape index (κ2) is 8.72. The summed E-state index contributed by atoms with van der Waals surface area (Å²) in [6.45, 7) is -0.285. The lowest BCUT2D eigenvalue weighted by Gasteiger charge is -2.14. The van der Waals surface area contributed by atoms with Gasteiger partial charge in [-0.1, -0.05) is 24.3 Å². The van der Waals surface area contributed by atoms with E-state index < -0.39 is 48.7 Å². The predicted molar refractivity (Wildman–Crippen MR) is 87.6 cm³/mol. The monoisotopic (exact) mass is 446 g/mol. The number of ether oxygens (including phenoxy) is 1. The van der Waals surface area contributed by atoms with Crippen molar-refractivity contribution in [3.05, 3.63) is 59.7 Å². The Labute approximate surface area is 160 Å². The Morgan fingerprint density at radius 3 is 1.93 bits per heavy atom. The molecule has 28 heavy (non-hydrogen) atoms. The number of halogens is 6. The van der Waals surface area contributed by atoms with Crippen LogP contribution in [0.25, 0.3) is 0 Å². The summed E-state index contributed by atoms with van der Waals surface area (Å²) in [6.07, 6.45) is -1.66. The van der Waals surface area contributed by atoms with Crippen LogP contribution in [-0.2, 0) is 32.9 Å². The van der Waals surface area contributed by atoms with E-state index in [4.69, 9.17) is 4.74 Å². The summed E-state index contributed by atoms with van der Waals surface area (Å²) >= 11 is 0. The molecule has 0 spiro atoms. The molecule has 0 fully saturated rings. The Kier molecular flexibility index (Phi) is 7.02. The molecule has 2 aromatic rings. The summed E-state index contributed by atoms with van der Waals surface area (Å²) in [5, 5.41) is 9.94. The molecule has 0 aliphatic heterocycles. The van der Waals surface area contributed by atoms with Gasteiger partial charge in [0, 0.05) is 15.4 Å². The van der Waals surface area contributed by atoms with Gasteiger partial charge in [-0.2, -0.15) is 26.3 Å². The van der Waals surface area contributed by atoms with Crippen molar-refractivity contribution in [2.24, 2.45) is 0 Å². The second-order valence-electron chi connectivity index (χ2n) is 5.31. The highest BCUT2D eigenvalue weighted by molar-refractivity contribution is 7.86. The number of rotatable bonds is 6. The summed E-state index contributed by atoms with van der Waals surface area (Å²) in [6, 6.07) is 8.69. The fraction of sp³-hybridized carbons (Fsp3) is 0.250. The normalized spacial score (nSPS) is 15.8. The van der Waals surface area contributed by atoms with Gasteiger partial charge in [-0.25, -0.2) is 8.42 Å². The van der Waals surface area contributed by atoms with E-state index in [0.717, 1.165) is 24.3 Å². The first-order chi connectivity index (χ1) is 12.9. The zero-order valence-corrected chi connectivity index (χ0v) is 15.3. The molecule has 154 valence electrons. The zero-order valence-electron chi connectivity index (χ0n) is 13.7. The minimum absolute atomic E-state index is 0.0788. The minimum atomic E-state index is -4.96. The topological polar surface area (TPSA) is 63.6 Å². The maximum absolute atomic E-state index is 12.5. The van der Waals surface area contributed by atoms with Gasteiger partial charge in [0.2, 0.25) is 0 Å². The Morgan fingerprint density at radius 1 is 0.857 bits per heavy atom. The van der Waals surface area contributed by atoms with Crippen LogP contribution in [0.3, 0.4) is 0 Å². The van der Waals surface area contributed by atoms with E-state index in [0.29, 0.717) is 5.56 Å². The molecule has 0 saturated heterocycles. The van der Waals surface area contributed by atoms with Crippen molar-refractivity contribution in [2.75, 3.05) is 0 Å².